The zero-order chi connectivity index (χ0) is 21.4. The summed E-state index contributed by atoms with van der Waals surface area (Å²) in [5.74, 6) is 3.42. The van der Waals surface area contributed by atoms with Crippen molar-refractivity contribution < 1.29 is 9.22 Å². The van der Waals surface area contributed by atoms with E-state index in [-0.39, 0.29) is 10.5 Å². The summed E-state index contributed by atoms with van der Waals surface area (Å²) in [6, 6.07) is 0. The molecule has 0 radical (unpaired) electrons. The van der Waals surface area contributed by atoms with Crippen LogP contribution in [-0.2, 0) is 9.22 Å². The van der Waals surface area contributed by atoms with Crippen LogP contribution in [0, 0.1) is 34.5 Å². The molecule has 164 valence electrons. The summed E-state index contributed by atoms with van der Waals surface area (Å²) in [6.07, 6.45) is 10.7. The minimum atomic E-state index is -1.75. The highest BCUT2D eigenvalue weighted by atomic mass is 28.4. The number of hydrogen-bond donors (Lipinski definition) is 0. The maximum absolute atomic E-state index is 12.1. The third kappa shape index (κ3) is 3.25. The van der Waals surface area contributed by atoms with Crippen LogP contribution >= 0.6 is 0 Å². The minimum Gasteiger partial charge on any atom is -0.413 e. The summed E-state index contributed by atoms with van der Waals surface area (Å²) >= 11 is 0. The van der Waals surface area contributed by atoms with Gasteiger partial charge in [-0.2, -0.15) is 0 Å². The minimum absolute atomic E-state index is 0.269. The lowest BCUT2D eigenvalue weighted by atomic mass is 9.45. The molecule has 0 aromatic rings. The highest BCUT2D eigenvalue weighted by Crippen LogP contribution is 2.67. The van der Waals surface area contributed by atoms with Crippen molar-refractivity contribution in [2.45, 2.75) is 111 Å². The quantitative estimate of drug-likeness (QED) is 0.447. The average molecular weight is 417 g/mol. The van der Waals surface area contributed by atoms with Gasteiger partial charge in [0, 0.05) is 6.42 Å². The number of rotatable bonds is 2. The smallest absolute Gasteiger partial charge is 0.192 e. The van der Waals surface area contributed by atoms with E-state index < -0.39 is 8.32 Å². The molecule has 3 fully saturated rings. The lowest BCUT2D eigenvalue weighted by molar-refractivity contribution is -0.119. The lowest BCUT2D eigenvalue weighted by Gasteiger charge is -2.60. The summed E-state index contributed by atoms with van der Waals surface area (Å²) in [4.78, 5) is 12.1. The van der Waals surface area contributed by atoms with Crippen LogP contribution in [-0.4, -0.2) is 20.2 Å². The average Bonchev–Trinajstić information content (AvgIpc) is 2.92. The van der Waals surface area contributed by atoms with Gasteiger partial charge in [-0.1, -0.05) is 47.1 Å². The molecule has 4 rings (SSSR count). The van der Waals surface area contributed by atoms with E-state index in [2.05, 4.69) is 54.6 Å². The highest BCUT2D eigenvalue weighted by Gasteiger charge is 2.61. The van der Waals surface area contributed by atoms with Crippen molar-refractivity contribution in [2.24, 2.45) is 34.5 Å². The van der Waals surface area contributed by atoms with Gasteiger partial charge in [0.2, 0.25) is 0 Å². The first-order valence-electron chi connectivity index (χ1n) is 12.2. The van der Waals surface area contributed by atoms with Gasteiger partial charge in [0.25, 0.3) is 0 Å². The Morgan fingerprint density at radius 3 is 2.41 bits per heavy atom. The van der Waals surface area contributed by atoms with Crippen molar-refractivity contribution in [3.63, 3.8) is 0 Å². The Bertz CT molecular complexity index is 717. The lowest BCUT2D eigenvalue weighted by Crippen LogP contribution is -2.55. The van der Waals surface area contributed by atoms with Gasteiger partial charge in [0.05, 0.1) is 6.10 Å². The highest BCUT2D eigenvalue weighted by molar-refractivity contribution is 6.74. The Morgan fingerprint density at radius 1 is 1.07 bits per heavy atom. The largest absolute Gasteiger partial charge is 0.413 e. The molecule has 0 spiro atoms. The van der Waals surface area contributed by atoms with Crippen LogP contribution in [0.5, 0.6) is 0 Å². The second-order valence-corrected chi connectivity index (χ2v) is 17.8. The van der Waals surface area contributed by atoms with Gasteiger partial charge in [-0.05, 0) is 97.2 Å². The van der Waals surface area contributed by atoms with Gasteiger partial charge in [0.1, 0.15) is 0 Å². The van der Waals surface area contributed by atoms with Crippen molar-refractivity contribution >= 4 is 14.1 Å². The molecule has 0 aromatic carbocycles. The number of carbonyl (C=O) groups excluding carboxylic acids is 1. The predicted molar refractivity (Wildman–Crippen MR) is 123 cm³/mol. The van der Waals surface area contributed by atoms with Crippen molar-refractivity contribution in [1.82, 2.24) is 0 Å². The molecule has 4 aliphatic carbocycles. The molecule has 7 atom stereocenters. The first kappa shape index (κ1) is 21.8. The van der Waals surface area contributed by atoms with E-state index in [1.165, 1.54) is 31.3 Å². The zero-order valence-corrected chi connectivity index (χ0v) is 21.2. The van der Waals surface area contributed by atoms with E-state index in [0.717, 1.165) is 37.0 Å². The molecule has 3 saturated carbocycles. The third-order valence-electron chi connectivity index (χ3n) is 10.5. The van der Waals surface area contributed by atoms with Gasteiger partial charge in [0.15, 0.2) is 14.1 Å². The number of carbonyl (C=O) groups is 1. The topological polar surface area (TPSA) is 26.3 Å². The van der Waals surface area contributed by atoms with Gasteiger partial charge < -0.3 is 4.43 Å². The molecular weight excluding hydrogens is 372 g/mol. The fraction of sp³-hybridized carbons (Fsp3) is 0.885. The molecule has 29 heavy (non-hydrogen) atoms. The maximum atomic E-state index is 12.1. The molecule has 0 aliphatic heterocycles. The molecular formula is C26H44O2Si. The van der Waals surface area contributed by atoms with Gasteiger partial charge in [-0.25, -0.2) is 0 Å². The van der Waals surface area contributed by atoms with E-state index in [9.17, 15) is 4.79 Å². The van der Waals surface area contributed by atoms with Gasteiger partial charge >= 0.3 is 0 Å². The van der Waals surface area contributed by atoms with E-state index in [0.29, 0.717) is 23.2 Å². The van der Waals surface area contributed by atoms with Crippen LogP contribution < -0.4 is 0 Å². The van der Waals surface area contributed by atoms with Crippen LogP contribution in [0.2, 0.25) is 18.1 Å². The van der Waals surface area contributed by atoms with Crippen LogP contribution in [0.1, 0.15) is 86.5 Å². The second kappa shape index (κ2) is 6.79. The Kier molecular flexibility index (Phi) is 5.11. The normalized spacial score (nSPS) is 45.3. The van der Waals surface area contributed by atoms with Gasteiger partial charge in [-0.15, -0.1) is 0 Å². The molecule has 0 N–H and O–H groups in total. The Hall–Kier alpha value is -0.413. The molecule has 0 amide bonds. The Morgan fingerprint density at radius 2 is 1.76 bits per heavy atom. The monoisotopic (exact) mass is 416 g/mol. The van der Waals surface area contributed by atoms with Crippen LogP contribution in [0.4, 0.5) is 0 Å². The second-order valence-electron chi connectivity index (χ2n) is 13.0. The fourth-order valence-corrected chi connectivity index (χ4v) is 9.03. The SMILES string of the molecule is CC1CC2=CC(=O)CC[C@]2(C)[C@@H]2CC[C@]3(C)C(O[Si](C)(C)C(C)(C)C)CC[C@H]3[C@H]12. The molecule has 0 saturated heterocycles. The number of fused-ring (bicyclic) bond motifs is 5. The summed E-state index contributed by atoms with van der Waals surface area (Å²) in [5, 5.41) is 0.276. The molecule has 2 nitrogen and oxygen atoms in total. The van der Waals surface area contributed by atoms with Gasteiger partial charge in [-0.3, -0.25) is 4.79 Å². The van der Waals surface area contributed by atoms with Crippen LogP contribution in [0.3, 0.4) is 0 Å². The maximum Gasteiger partial charge on any atom is 0.192 e. The molecule has 3 heteroatoms. The molecule has 2 unspecified atom stereocenters. The molecule has 4 aliphatic rings. The first-order valence-corrected chi connectivity index (χ1v) is 15.1. The Labute approximate surface area is 180 Å². The van der Waals surface area contributed by atoms with Crippen molar-refractivity contribution in [1.29, 1.82) is 0 Å². The summed E-state index contributed by atoms with van der Waals surface area (Å²) < 4.78 is 7.08. The molecule has 0 aromatic heterocycles. The summed E-state index contributed by atoms with van der Waals surface area (Å²) in [5.41, 5.74) is 2.09. The number of hydrogen-bond acceptors (Lipinski definition) is 2. The molecule has 0 bridgehead atoms. The number of ketones is 1. The Balaban J connectivity index is 1.62. The van der Waals surface area contributed by atoms with E-state index in [1.807, 2.05) is 6.08 Å². The number of allylic oxidation sites excluding steroid dienone is 1. The van der Waals surface area contributed by atoms with Crippen LogP contribution in [0.15, 0.2) is 11.6 Å². The molecule has 0 heterocycles. The van der Waals surface area contributed by atoms with Crippen molar-refractivity contribution in [2.75, 3.05) is 0 Å². The summed E-state index contributed by atoms with van der Waals surface area (Å²) in [6.45, 7) is 19.5. The third-order valence-corrected chi connectivity index (χ3v) is 15.0. The summed E-state index contributed by atoms with van der Waals surface area (Å²) in [7, 11) is -1.75. The first-order chi connectivity index (χ1) is 13.3. The standard InChI is InChI=1S/C26H44O2Si/c1-17-15-18-16-19(27)11-13-25(18,5)21-12-14-26(6)20(23(17)21)9-10-22(26)28-29(7,8)24(2,3)4/h16-17,20-23H,9-15H2,1-8H3/t17?,20-,21+,22?,23-,25-,26-/m0/s1. The van der Waals surface area contributed by atoms with Crippen LogP contribution in [0.25, 0.3) is 0 Å². The van der Waals surface area contributed by atoms with Crippen molar-refractivity contribution in [3.8, 4) is 0 Å². The van der Waals surface area contributed by atoms with E-state index in [1.54, 1.807) is 0 Å². The fourth-order valence-electron chi connectivity index (χ4n) is 7.58. The van der Waals surface area contributed by atoms with Crippen molar-refractivity contribution in [3.05, 3.63) is 11.6 Å². The van der Waals surface area contributed by atoms with E-state index in [4.69, 9.17) is 4.43 Å². The van der Waals surface area contributed by atoms with E-state index >= 15 is 0 Å². The predicted octanol–water partition coefficient (Wildman–Crippen LogP) is 7.15. The zero-order valence-electron chi connectivity index (χ0n) is 20.2.